The highest BCUT2D eigenvalue weighted by molar-refractivity contribution is 5.15. The summed E-state index contributed by atoms with van der Waals surface area (Å²) in [6, 6.07) is 10.7. The molecule has 0 heterocycles. The van der Waals surface area contributed by atoms with Gasteiger partial charge in [0, 0.05) is 0 Å². The van der Waals surface area contributed by atoms with E-state index in [2.05, 4.69) is 44.2 Å². The second-order valence-corrected chi connectivity index (χ2v) is 4.76. The van der Waals surface area contributed by atoms with Gasteiger partial charge in [-0.25, -0.2) is 0 Å². The van der Waals surface area contributed by atoms with Crippen molar-refractivity contribution in [2.45, 2.75) is 33.1 Å². The van der Waals surface area contributed by atoms with Gasteiger partial charge in [-0.3, -0.25) is 0 Å². The molecule has 84 valence electrons. The van der Waals surface area contributed by atoms with E-state index in [9.17, 15) is 0 Å². The average molecular weight is 205 g/mol. The molecular weight excluding hydrogens is 182 g/mol. The smallest absolute Gasteiger partial charge is 0.00457 e. The quantitative estimate of drug-likeness (QED) is 0.758. The predicted molar refractivity (Wildman–Crippen MR) is 66.8 cm³/mol. The fraction of sp³-hybridized carbons (Fsp3) is 0.571. The summed E-state index contributed by atoms with van der Waals surface area (Å²) in [7, 11) is 0. The van der Waals surface area contributed by atoms with Crippen molar-refractivity contribution < 1.29 is 0 Å². The summed E-state index contributed by atoms with van der Waals surface area (Å²) in [5.74, 6) is 1.43. The first kappa shape index (κ1) is 12.3. The third-order valence-corrected chi connectivity index (χ3v) is 2.85. The van der Waals surface area contributed by atoms with Crippen LogP contribution in [0.15, 0.2) is 30.3 Å². The number of benzene rings is 1. The molecule has 1 aromatic carbocycles. The number of nitrogens with two attached hydrogens (primary N) is 1. The molecule has 0 saturated carbocycles. The first-order chi connectivity index (χ1) is 7.22. The lowest BCUT2D eigenvalue weighted by atomic mass is 9.92. The van der Waals surface area contributed by atoms with Gasteiger partial charge in [0.1, 0.15) is 0 Å². The Kier molecular flexibility index (Phi) is 5.41. The minimum absolute atomic E-state index is 0.648. The standard InChI is InChI=1S/C14H23N/c1-12(2)8-9-14(11-15)10-13-6-4-3-5-7-13/h3-7,12,14H,8-11,15H2,1-2H3. The Morgan fingerprint density at radius 1 is 1.07 bits per heavy atom. The summed E-state index contributed by atoms with van der Waals surface area (Å²) in [5.41, 5.74) is 7.22. The molecule has 1 unspecified atom stereocenters. The second kappa shape index (κ2) is 6.62. The van der Waals surface area contributed by atoms with Crippen molar-refractivity contribution in [2.75, 3.05) is 6.54 Å². The van der Waals surface area contributed by atoms with Gasteiger partial charge in [0.25, 0.3) is 0 Å². The maximum Gasteiger partial charge on any atom is -0.00457 e. The predicted octanol–water partition coefficient (Wildman–Crippen LogP) is 3.24. The van der Waals surface area contributed by atoms with E-state index < -0.39 is 0 Å². The minimum atomic E-state index is 0.648. The molecule has 0 radical (unpaired) electrons. The van der Waals surface area contributed by atoms with Crippen LogP contribution in [0.2, 0.25) is 0 Å². The zero-order valence-electron chi connectivity index (χ0n) is 9.95. The van der Waals surface area contributed by atoms with Crippen LogP contribution in [0, 0.1) is 11.8 Å². The van der Waals surface area contributed by atoms with Crippen molar-refractivity contribution in [3.8, 4) is 0 Å². The monoisotopic (exact) mass is 205 g/mol. The summed E-state index contributed by atoms with van der Waals surface area (Å²) in [6.07, 6.45) is 3.67. The Morgan fingerprint density at radius 2 is 1.73 bits per heavy atom. The molecule has 0 aromatic heterocycles. The van der Waals surface area contributed by atoms with Crippen LogP contribution in [0.4, 0.5) is 0 Å². The van der Waals surface area contributed by atoms with Crippen LogP contribution in [-0.4, -0.2) is 6.54 Å². The molecule has 1 rings (SSSR count). The Bertz CT molecular complexity index is 253. The van der Waals surface area contributed by atoms with E-state index in [1.54, 1.807) is 0 Å². The van der Waals surface area contributed by atoms with Gasteiger partial charge in [0.15, 0.2) is 0 Å². The third kappa shape index (κ3) is 4.98. The fourth-order valence-electron chi connectivity index (χ4n) is 1.82. The maximum atomic E-state index is 5.81. The van der Waals surface area contributed by atoms with Crippen LogP contribution in [0.5, 0.6) is 0 Å². The topological polar surface area (TPSA) is 26.0 Å². The molecule has 2 N–H and O–H groups in total. The van der Waals surface area contributed by atoms with Gasteiger partial charge in [0.05, 0.1) is 0 Å². The van der Waals surface area contributed by atoms with Crippen LogP contribution in [0.25, 0.3) is 0 Å². The van der Waals surface area contributed by atoms with Crippen LogP contribution >= 0.6 is 0 Å². The highest BCUT2D eigenvalue weighted by atomic mass is 14.5. The lowest BCUT2D eigenvalue weighted by molar-refractivity contribution is 0.428. The van der Waals surface area contributed by atoms with Gasteiger partial charge < -0.3 is 5.73 Å². The Morgan fingerprint density at radius 3 is 2.27 bits per heavy atom. The van der Waals surface area contributed by atoms with Crippen molar-refractivity contribution >= 4 is 0 Å². The van der Waals surface area contributed by atoms with E-state index in [1.807, 2.05) is 0 Å². The van der Waals surface area contributed by atoms with E-state index in [0.717, 1.165) is 18.9 Å². The molecule has 0 aliphatic rings. The molecule has 0 bridgehead atoms. The SMILES string of the molecule is CC(C)CCC(CN)Cc1ccccc1. The van der Waals surface area contributed by atoms with Gasteiger partial charge in [-0.2, -0.15) is 0 Å². The Balaban J connectivity index is 2.40. The summed E-state index contributed by atoms with van der Waals surface area (Å²) in [4.78, 5) is 0. The molecule has 0 aliphatic heterocycles. The summed E-state index contributed by atoms with van der Waals surface area (Å²) in [6.45, 7) is 5.35. The summed E-state index contributed by atoms with van der Waals surface area (Å²) >= 11 is 0. The minimum Gasteiger partial charge on any atom is -0.330 e. The average Bonchev–Trinajstić information content (AvgIpc) is 2.25. The van der Waals surface area contributed by atoms with Crippen molar-refractivity contribution in [1.82, 2.24) is 0 Å². The highest BCUT2D eigenvalue weighted by Gasteiger charge is 2.08. The van der Waals surface area contributed by atoms with E-state index in [1.165, 1.54) is 18.4 Å². The van der Waals surface area contributed by atoms with Crippen molar-refractivity contribution in [2.24, 2.45) is 17.6 Å². The molecule has 0 saturated heterocycles. The van der Waals surface area contributed by atoms with Crippen molar-refractivity contribution in [3.63, 3.8) is 0 Å². The van der Waals surface area contributed by atoms with E-state index in [-0.39, 0.29) is 0 Å². The fourth-order valence-corrected chi connectivity index (χ4v) is 1.82. The second-order valence-electron chi connectivity index (χ2n) is 4.76. The molecule has 0 amide bonds. The molecule has 0 spiro atoms. The normalized spacial score (nSPS) is 13.1. The Hall–Kier alpha value is -0.820. The molecule has 0 fully saturated rings. The van der Waals surface area contributed by atoms with E-state index in [4.69, 9.17) is 5.73 Å². The first-order valence-electron chi connectivity index (χ1n) is 5.96. The number of rotatable bonds is 6. The highest BCUT2D eigenvalue weighted by Crippen LogP contribution is 2.16. The number of hydrogen-bond acceptors (Lipinski definition) is 1. The zero-order valence-corrected chi connectivity index (χ0v) is 9.95. The van der Waals surface area contributed by atoms with Crippen LogP contribution in [-0.2, 0) is 6.42 Å². The van der Waals surface area contributed by atoms with Gasteiger partial charge in [-0.1, -0.05) is 50.6 Å². The van der Waals surface area contributed by atoms with Crippen molar-refractivity contribution in [1.29, 1.82) is 0 Å². The van der Waals surface area contributed by atoms with Gasteiger partial charge in [-0.05, 0) is 36.8 Å². The summed E-state index contributed by atoms with van der Waals surface area (Å²) < 4.78 is 0. The molecule has 1 nitrogen and oxygen atoms in total. The van der Waals surface area contributed by atoms with Crippen LogP contribution < -0.4 is 5.73 Å². The van der Waals surface area contributed by atoms with Gasteiger partial charge in [-0.15, -0.1) is 0 Å². The van der Waals surface area contributed by atoms with E-state index >= 15 is 0 Å². The molecule has 0 aliphatic carbocycles. The Labute approximate surface area is 93.7 Å². The summed E-state index contributed by atoms with van der Waals surface area (Å²) in [5, 5.41) is 0. The van der Waals surface area contributed by atoms with Gasteiger partial charge in [0.2, 0.25) is 0 Å². The molecule has 1 atom stereocenters. The van der Waals surface area contributed by atoms with Crippen LogP contribution in [0.1, 0.15) is 32.3 Å². The lowest BCUT2D eigenvalue weighted by Gasteiger charge is -2.15. The molecular formula is C14H23N. The third-order valence-electron chi connectivity index (χ3n) is 2.85. The van der Waals surface area contributed by atoms with Crippen molar-refractivity contribution in [3.05, 3.63) is 35.9 Å². The molecule has 1 heteroatoms. The lowest BCUT2D eigenvalue weighted by Crippen LogP contribution is -2.17. The largest absolute Gasteiger partial charge is 0.330 e. The molecule has 1 aromatic rings. The van der Waals surface area contributed by atoms with E-state index in [0.29, 0.717) is 5.92 Å². The number of hydrogen-bond donors (Lipinski definition) is 1. The molecule has 15 heavy (non-hydrogen) atoms. The maximum absolute atomic E-state index is 5.81. The van der Waals surface area contributed by atoms with Gasteiger partial charge >= 0.3 is 0 Å². The zero-order chi connectivity index (χ0) is 11.1. The van der Waals surface area contributed by atoms with Crippen LogP contribution in [0.3, 0.4) is 0 Å². The first-order valence-corrected chi connectivity index (χ1v) is 5.96.